The van der Waals surface area contributed by atoms with E-state index in [4.69, 9.17) is 0 Å². The Balaban J connectivity index is 1.78. The maximum absolute atomic E-state index is 12.5. The first-order valence-electron chi connectivity index (χ1n) is 7.71. The second-order valence-corrected chi connectivity index (χ2v) is 6.84. The number of thiophene rings is 1. The average molecular weight is 366 g/mol. The highest BCUT2D eigenvalue weighted by Gasteiger charge is 2.23. The molecule has 1 saturated heterocycles. The van der Waals surface area contributed by atoms with Crippen LogP contribution in [-0.2, 0) is 4.79 Å². The predicted molar refractivity (Wildman–Crippen MR) is 91.7 cm³/mol. The fraction of sp³-hybridized carbons (Fsp3) is 0.294. The Morgan fingerprint density at radius 2 is 2.16 bits per heavy atom. The van der Waals surface area contributed by atoms with E-state index >= 15 is 0 Å². The number of carbonyl (C=O) groups is 2. The lowest BCUT2D eigenvalue weighted by atomic mass is 10.2. The number of anilines is 2. The molecule has 1 fully saturated rings. The summed E-state index contributed by atoms with van der Waals surface area (Å²) in [7, 11) is 0. The highest BCUT2D eigenvalue weighted by Crippen LogP contribution is 2.31. The zero-order valence-corrected chi connectivity index (χ0v) is 14.2. The Morgan fingerprint density at radius 3 is 2.84 bits per heavy atom. The summed E-state index contributed by atoms with van der Waals surface area (Å²) < 4.78 is 29.4. The van der Waals surface area contributed by atoms with Crippen LogP contribution in [0.3, 0.4) is 0 Å². The monoisotopic (exact) mass is 366 g/mol. The topological polar surface area (TPSA) is 58.6 Å². The summed E-state index contributed by atoms with van der Waals surface area (Å²) in [5.41, 5.74) is 1.18. The molecule has 0 saturated carbocycles. The van der Waals surface area contributed by atoms with E-state index < -0.39 is 12.5 Å². The van der Waals surface area contributed by atoms with E-state index in [0.717, 1.165) is 17.8 Å². The third-order valence-corrected chi connectivity index (χ3v) is 4.76. The molecule has 2 amide bonds. The van der Waals surface area contributed by atoms with E-state index in [0.29, 0.717) is 29.2 Å². The SMILES string of the molecule is Cc1cc(OC(F)F)c(C(=O)Nc2cccc(N3CCCC3=O)c2)s1. The Hall–Kier alpha value is -2.48. The number of alkyl halides is 2. The molecule has 25 heavy (non-hydrogen) atoms. The number of amides is 2. The van der Waals surface area contributed by atoms with E-state index in [1.165, 1.54) is 6.07 Å². The number of benzene rings is 1. The molecule has 2 heterocycles. The van der Waals surface area contributed by atoms with Gasteiger partial charge in [0.25, 0.3) is 5.91 Å². The van der Waals surface area contributed by atoms with Crippen molar-refractivity contribution in [3.05, 3.63) is 40.1 Å². The van der Waals surface area contributed by atoms with Crippen molar-refractivity contribution in [1.29, 1.82) is 0 Å². The number of ether oxygens (including phenoxy) is 1. The first-order chi connectivity index (χ1) is 11.9. The second kappa shape index (κ2) is 7.18. The third-order valence-electron chi connectivity index (χ3n) is 3.73. The van der Waals surface area contributed by atoms with Crippen molar-refractivity contribution < 1.29 is 23.1 Å². The van der Waals surface area contributed by atoms with Gasteiger partial charge >= 0.3 is 6.61 Å². The molecular formula is C17H16F2N2O3S. The van der Waals surface area contributed by atoms with Crippen molar-refractivity contribution in [3.63, 3.8) is 0 Å². The molecule has 3 rings (SSSR count). The van der Waals surface area contributed by atoms with Gasteiger partial charge in [-0.25, -0.2) is 0 Å². The lowest BCUT2D eigenvalue weighted by Crippen LogP contribution is -2.23. The summed E-state index contributed by atoms with van der Waals surface area (Å²) in [6, 6.07) is 8.29. The molecule has 0 spiro atoms. The van der Waals surface area contributed by atoms with Crippen molar-refractivity contribution in [2.24, 2.45) is 0 Å². The van der Waals surface area contributed by atoms with Crippen LogP contribution in [0, 0.1) is 6.92 Å². The standard InChI is InChI=1S/C17H16F2N2O3S/c1-10-8-13(24-17(18)19)15(25-10)16(23)20-11-4-2-5-12(9-11)21-7-3-6-14(21)22/h2,4-5,8-9,17H,3,6-7H2,1H3,(H,20,23). The quantitative estimate of drug-likeness (QED) is 0.869. The largest absolute Gasteiger partial charge is 0.433 e. The van der Waals surface area contributed by atoms with Crippen LogP contribution in [0.15, 0.2) is 30.3 Å². The number of halogens is 2. The van der Waals surface area contributed by atoms with Crippen LogP contribution >= 0.6 is 11.3 Å². The number of hydrogen-bond acceptors (Lipinski definition) is 4. The molecule has 1 aliphatic heterocycles. The minimum atomic E-state index is -3.00. The van der Waals surface area contributed by atoms with Crippen LogP contribution in [0.4, 0.5) is 20.2 Å². The number of rotatable bonds is 5. The number of carbonyl (C=O) groups excluding carboxylic acids is 2. The Bertz CT molecular complexity index is 807. The average Bonchev–Trinajstić information content (AvgIpc) is 3.12. The molecule has 1 aromatic heterocycles. The van der Waals surface area contributed by atoms with Crippen molar-refractivity contribution in [3.8, 4) is 5.75 Å². The first kappa shape index (κ1) is 17.3. The molecule has 0 bridgehead atoms. The van der Waals surface area contributed by atoms with Crippen LogP contribution in [0.25, 0.3) is 0 Å². The molecule has 0 radical (unpaired) electrons. The number of nitrogens with zero attached hydrogens (tertiary/aromatic N) is 1. The van der Waals surface area contributed by atoms with E-state index in [-0.39, 0.29) is 16.5 Å². The molecule has 2 aromatic rings. The van der Waals surface area contributed by atoms with Gasteiger partial charge in [0.15, 0.2) is 0 Å². The Morgan fingerprint density at radius 1 is 1.36 bits per heavy atom. The van der Waals surface area contributed by atoms with E-state index in [1.807, 2.05) is 0 Å². The van der Waals surface area contributed by atoms with Gasteiger partial charge < -0.3 is 15.0 Å². The molecule has 5 nitrogen and oxygen atoms in total. The van der Waals surface area contributed by atoms with Crippen molar-refractivity contribution in [2.75, 3.05) is 16.8 Å². The first-order valence-corrected chi connectivity index (χ1v) is 8.52. The van der Waals surface area contributed by atoms with Crippen molar-refractivity contribution in [1.82, 2.24) is 0 Å². The molecule has 1 N–H and O–H groups in total. The van der Waals surface area contributed by atoms with E-state index in [2.05, 4.69) is 10.1 Å². The van der Waals surface area contributed by atoms with Gasteiger partial charge in [-0.1, -0.05) is 6.07 Å². The minimum absolute atomic E-state index is 0.0463. The molecule has 0 atom stereocenters. The Kier molecular flexibility index (Phi) is 4.98. The van der Waals surface area contributed by atoms with Gasteiger partial charge in [-0.3, -0.25) is 9.59 Å². The van der Waals surface area contributed by atoms with Crippen LogP contribution in [-0.4, -0.2) is 25.0 Å². The third kappa shape index (κ3) is 3.96. The molecule has 1 aliphatic rings. The van der Waals surface area contributed by atoms with Crippen LogP contribution < -0.4 is 15.0 Å². The lowest BCUT2D eigenvalue weighted by molar-refractivity contribution is -0.117. The molecule has 0 aliphatic carbocycles. The van der Waals surface area contributed by atoms with E-state index in [1.54, 1.807) is 36.1 Å². The number of aryl methyl sites for hydroxylation is 1. The molecular weight excluding hydrogens is 350 g/mol. The van der Waals surface area contributed by atoms with Gasteiger partial charge in [0.2, 0.25) is 5.91 Å². The van der Waals surface area contributed by atoms with Crippen molar-refractivity contribution >= 4 is 34.5 Å². The minimum Gasteiger partial charge on any atom is -0.433 e. The summed E-state index contributed by atoms with van der Waals surface area (Å²) in [6.45, 7) is -0.642. The summed E-state index contributed by atoms with van der Waals surface area (Å²) in [5, 5.41) is 2.67. The van der Waals surface area contributed by atoms with Gasteiger partial charge in [-0.05, 0) is 37.6 Å². The summed E-state index contributed by atoms with van der Waals surface area (Å²) in [6.07, 6.45) is 1.32. The van der Waals surface area contributed by atoms with Gasteiger partial charge in [0.05, 0.1) is 0 Å². The maximum atomic E-state index is 12.5. The van der Waals surface area contributed by atoms with Crippen LogP contribution in [0.5, 0.6) is 5.75 Å². The zero-order valence-electron chi connectivity index (χ0n) is 13.4. The van der Waals surface area contributed by atoms with Gasteiger partial charge in [0, 0.05) is 29.2 Å². The van der Waals surface area contributed by atoms with Crippen molar-refractivity contribution in [2.45, 2.75) is 26.4 Å². The number of hydrogen-bond donors (Lipinski definition) is 1. The van der Waals surface area contributed by atoms with Gasteiger partial charge in [-0.2, -0.15) is 8.78 Å². The summed E-state index contributed by atoms with van der Waals surface area (Å²) in [5.74, 6) is -0.621. The van der Waals surface area contributed by atoms with Crippen LogP contribution in [0.1, 0.15) is 27.4 Å². The normalized spacial score (nSPS) is 14.2. The fourth-order valence-corrected chi connectivity index (χ4v) is 3.53. The second-order valence-electron chi connectivity index (χ2n) is 5.58. The zero-order chi connectivity index (χ0) is 18.0. The maximum Gasteiger partial charge on any atom is 0.387 e. The van der Waals surface area contributed by atoms with E-state index in [9.17, 15) is 18.4 Å². The molecule has 8 heteroatoms. The molecule has 1 aromatic carbocycles. The fourth-order valence-electron chi connectivity index (χ4n) is 2.69. The molecule has 132 valence electrons. The van der Waals surface area contributed by atoms with Gasteiger partial charge in [-0.15, -0.1) is 11.3 Å². The highest BCUT2D eigenvalue weighted by atomic mass is 32.1. The lowest BCUT2D eigenvalue weighted by Gasteiger charge is -2.16. The highest BCUT2D eigenvalue weighted by molar-refractivity contribution is 7.14. The van der Waals surface area contributed by atoms with Gasteiger partial charge in [0.1, 0.15) is 10.6 Å². The smallest absolute Gasteiger partial charge is 0.387 e. The Labute approximate surface area is 147 Å². The summed E-state index contributed by atoms with van der Waals surface area (Å²) in [4.78, 5) is 26.7. The molecule has 0 unspecified atom stereocenters. The number of nitrogens with one attached hydrogen (secondary N) is 1. The van der Waals surface area contributed by atoms with Crippen LogP contribution in [0.2, 0.25) is 0 Å². The predicted octanol–water partition coefficient (Wildman–Crippen LogP) is 4.04. The summed E-state index contributed by atoms with van der Waals surface area (Å²) >= 11 is 1.08.